The van der Waals surface area contributed by atoms with Gasteiger partial charge in [0.1, 0.15) is 5.75 Å². The molecule has 3 nitrogen and oxygen atoms in total. The van der Waals surface area contributed by atoms with Gasteiger partial charge in [-0.15, -0.1) is 0 Å². The molecule has 0 aromatic heterocycles. The molecule has 0 aliphatic rings. The summed E-state index contributed by atoms with van der Waals surface area (Å²) in [4.78, 5) is 0. The molecule has 78 valence electrons. The highest BCUT2D eigenvalue weighted by Gasteiger charge is 2.27. The van der Waals surface area contributed by atoms with E-state index in [1.807, 2.05) is 13.0 Å². The molecule has 0 radical (unpaired) electrons. The fourth-order valence-corrected chi connectivity index (χ4v) is 1.48. The normalized spacial score (nSPS) is 15.1. The van der Waals surface area contributed by atoms with Gasteiger partial charge in [0.15, 0.2) is 0 Å². The smallest absolute Gasteiger partial charge is 0.121 e. The lowest BCUT2D eigenvalue weighted by Gasteiger charge is -2.28. The number of aliphatic hydroxyl groups is 1. The maximum absolute atomic E-state index is 9.64. The fraction of sp³-hybridized carbons (Fsp3) is 0.455. The van der Waals surface area contributed by atoms with Crippen LogP contribution in [0.25, 0.3) is 0 Å². The lowest BCUT2D eigenvalue weighted by molar-refractivity contribution is -0.0188. The van der Waals surface area contributed by atoms with Gasteiger partial charge in [-0.25, -0.2) is 0 Å². The molecule has 0 spiro atoms. The zero-order valence-electron chi connectivity index (χ0n) is 8.53. The number of phenolic OH excluding ortho intramolecular Hbond substituents is 1. The van der Waals surface area contributed by atoms with Gasteiger partial charge in [0.05, 0.1) is 5.60 Å². The Morgan fingerprint density at radius 3 is 2.50 bits per heavy atom. The Morgan fingerprint density at radius 2 is 2.00 bits per heavy atom. The predicted molar refractivity (Wildman–Crippen MR) is 54.2 cm³/mol. The van der Waals surface area contributed by atoms with E-state index in [-0.39, 0.29) is 12.4 Å². The molecule has 1 aromatic rings. The van der Waals surface area contributed by atoms with Gasteiger partial charge < -0.3 is 14.9 Å². The minimum atomic E-state index is -0.625. The highest BCUT2D eigenvalue weighted by Crippen LogP contribution is 2.33. The van der Waals surface area contributed by atoms with E-state index < -0.39 is 5.60 Å². The van der Waals surface area contributed by atoms with Crippen molar-refractivity contribution in [2.24, 2.45) is 0 Å². The Hall–Kier alpha value is -1.06. The third kappa shape index (κ3) is 2.05. The van der Waals surface area contributed by atoms with Gasteiger partial charge in [-0.1, -0.05) is 18.2 Å². The second-order valence-corrected chi connectivity index (χ2v) is 3.43. The summed E-state index contributed by atoms with van der Waals surface area (Å²) in [7, 11) is 1.57. The molecule has 2 N–H and O–H groups in total. The first-order valence-corrected chi connectivity index (χ1v) is 4.58. The number of methoxy groups -OCH3 is 1. The van der Waals surface area contributed by atoms with E-state index in [0.717, 1.165) is 0 Å². The van der Waals surface area contributed by atoms with Gasteiger partial charge >= 0.3 is 0 Å². The maximum atomic E-state index is 9.64. The summed E-state index contributed by atoms with van der Waals surface area (Å²) in [6, 6.07) is 7.01. The molecule has 1 atom stereocenters. The van der Waals surface area contributed by atoms with Gasteiger partial charge in [-0.05, 0) is 13.0 Å². The molecule has 0 fully saturated rings. The maximum Gasteiger partial charge on any atom is 0.121 e. The Kier molecular flexibility index (Phi) is 3.49. The predicted octanol–water partition coefficient (Wildman–Crippen LogP) is 1.64. The summed E-state index contributed by atoms with van der Waals surface area (Å²) in [6.45, 7) is 1.87. The van der Waals surface area contributed by atoms with E-state index >= 15 is 0 Å². The van der Waals surface area contributed by atoms with Crippen LogP contribution in [-0.4, -0.2) is 23.9 Å². The third-order valence-electron chi connectivity index (χ3n) is 2.51. The zero-order chi connectivity index (χ0) is 10.6. The Balaban J connectivity index is 3.05. The highest BCUT2D eigenvalue weighted by atomic mass is 16.5. The van der Waals surface area contributed by atoms with Crippen molar-refractivity contribution >= 4 is 0 Å². The van der Waals surface area contributed by atoms with Gasteiger partial charge in [-0.3, -0.25) is 0 Å². The minimum Gasteiger partial charge on any atom is -0.508 e. The SMILES string of the molecule is COC(C)(CCO)c1ccccc1O. The van der Waals surface area contributed by atoms with Crippen LogP contribution in [0.15, 0.2) is 24.3 Å². The van der Waals surface area contributed by atoms with Crippen LogP contribution < -0.4 is 0 Å². The van der Waals surface area contributed by atoms with Crippen LogP contribution >= 0.6 is 0 Å². The summed E-state index contributed by atoms with van der Waals surface area (Å²) in [5.74, 6) is 0.199. The van der Waals surface area contributed by atoms with Crippen molar-refractivity contribution in [2.45, 2.75) is 18.9 Å². The minimum absolute atomic E-state index is 0.0265. The lowest BCUT2D eigenvalue weighted by Crippen LogP contribution is -2.25. The van der Waals surface area contributed by atoms with Gasteiger partial charge in [0.2, 0.25) is 0 Å². The van der Waals surface area contributed by atoms with Crippen LogP contribution in [0.1, 0.15) is 18.9 Å². The molecule has 0 amide bonds. The van der Waals surface area contributed by atoms with Crippen LogP contribution in [-0.2, 0) is 10.3 Å². The third-order valence-corrected chi connectivity index (χ3v) is 2.51. The molecule has 3 heteroatoms. The van der Waals surface area contributed by atoms with E-state index in [0.29, 0.717) is 12.0 Å². The van der Waals surface area contributed by atoms with E-state index in [1.165, 1.54) is 0 Å². The topological polar surface area (TPSA) is 49.7 Å². The molecule has 0 aliphatic heterocycles. The average Bonchev–Trinajstić information content (AvgIpc) is 2.18. The van der Waals surface area contributed by atoms with E-state index in [2.05, 4.69) is 0 Å². The summed E-state index contributed by atoms with van der Waals surface area (Å²) in [5, 5.41) is 18.6. The van der Waals surface area contributed by atoms with Crippen LogP contribution in [0.5, 0.6) is 5.75 Å². The Morgan fingerprint density at radius 1 is 1.36 bits per heavy atom. The molecular weight excluding hydrogens is 180 g/mol. The monoisotopic (exact) mass is 196 g/mol. The number of ether oxygens (including phenoxy) is 1. The number of rotatable bonds is 4. The molecule has 14 heavy (non-hydrogen) atoms. The summed E-state index contributed by atoms with van der Waals surface area (Å²) < 4.78 is 5.33. The second kappa shape index (κ2) is 4.44. The van der Waals surface area contributed by atoms with Crippen molar-refractivity contribution < 1.29 is 14.9 Å². The van der Waals surface area contributed by atoms with Crippen molar-refractivity contribution in [1.29, 1.82) is 0 Å². The number of phenols is 1. The molecule has 0 saturated carbocycles. The van der Waals surface area contributed by atoms with E-state index in [9.17, 15) is 5.11 Å². The van der Waals surface area contributed by atoms with Crippen LogP contribution in [0, 0.1) is 0 Å². The van der Waals surface area contributed by atoms with Crippen molar-refractivity contribution in [3.05, 3.63) is 29.8 Å². The van der Waals surface area contributed by atoms with Gasteiger partial charge in [0.25, 0.3) is 0 Å². The number of benzene rings is 1. The molecule has 1 rings (SSSR count). The first-order valence-electron chi connectivity index (χ1n) is 4.58. The summed E-state index contributed by atoms with van der Waals surface area (Å²) in [5.41, 5.74) is 0.0802. The average molecular weight is 196 g/mol. The lowest BCUT2D eigenvalue weighted by atomic mass is 9.92. The van der Waals surface area contributed by atoms with Crippen molar-refractivity contribution in [1.82, 2.24) is 0 Å². The van der Waals surface area contributed by atoms with Crippen molar-refractivity contribution in [3.63, 3.8) is 0 Å². The first-order chi connectivity index (χ1) is 6.64. The second-order valence-electron chi connectivity index (χ2n) is 3.43. The van der Waals surface area contributed by atoms with Crippen molar-refractivity contribution in [3.8, 4) is 5.75 Å². The van der Waals surface area contributed by atoms with E-state index in [4.69, 9.17) is 9.84 Å². The number of para-hydroxylation sites is 1. The fourth-order valence-electron chi connectivity index (χ4n) is 1.48. The molecule has 0 saturated heterocycles. The van der Waals surface area contributed by atoms with Crippen LogP contribution in [0.4, 0.5) is 0 Å². The number of hydrogen-bond acceptors (Lipinski definition) is 3. The largest absolute Gasteiger partial charge is 0.508 e. The van der Waals surface area contributed by atoms with Crippen LogP contribution in [0.2, 0.25) is 0 Å². The molecule has 0 aliphatic carbocycles. The Bertz CT molecular complexity index is 298. The van der Waals surface area contributed by atoms with Gasteiger partial charge in [0, 0.05) is 25.7 Å². The zero-order valence-corrected chi connectivity index (χ0v) is 8.53. The quantitative estimate of drug-likeness (QED) is 0.769. The van der Waals surface area contributed by atoms with Gasteiger partial charge in [-0.2, -0.15) is 0 Å². The molecular formula is C11H16O3. The summed E-state index contributed by atoms with van der Waals surface area (Å²) >= 11 is 0. The number of aliphatic hydroxyl groups excluding tert-OH is 1. The highest BCUT2D eigenvalue weighted by molar-refractivity contribution is 5.36. The van der Waals surface area contributed by atoms with Crippen LogP contribution in [0.3, 0.4) is 0 Å². The standard InChI is InChI=1S/C11H16O3/c1-11(14-2,7-8-12)9-5-3-4-6-10(9)13/h3-6,12-13H,7-8H2,1-2H3. The molecule has 0 bridgehead atoms. The molecule has 1 unspecified atom stereocenters. The summed E-state index contributed by atoms with van der Waals surface area (Å²) in [6.07, 6.45) is 0.459. The number of hydrogen-bond donors (Lipinski definition) is 2. The molecule has 0 heterocycles. The first kappa shape index (κ1) is 11.0. The molecule has 1 aromatic carbocycles. The van der Waals surface area contributed by atoms with Crippen molar-refractivity contribution in [2.75, 3.05) is 13.7 Å². The number of aromatic hydroxyl groups is 1. The Labute approximate surface area is 84.0 Å². The van der Waals surface area contributed by atoms with E-state index in [1.54, 1.807) is 25.3 Å².